The van der Waals surface area contributed by atoms with E-state index in [0.717, 1.165) is 11.1 Å². The summed E-state index contributed by atoms with van der Waals surface area (Å²) in [7, 11) is 5.06. The van der Waals surface area contributed by atoms with Crippen molar-refractivity contribution in [2.24, 2.45) is 7.05 Å². The topological polar surface area (TPSA) is 68.2 Å². The molecule has 2 unspecified atom stereocenters. The van der Waals surface area contributed by atoms with Crippen molar-refractivity contribution < 1.29 is 13.9 Å². The zero-order valence-corrected chi connectivity index (χ0v) is 13.4. The van der Waals surface area contributed by atoms with Crippen molar-refractivity contribution >= 4 is 5.91 Å². The van der Waals surface area contributed by atoms with E-state index in [-0.39, 0.29) is 17.8 Å². The van der Waals surface area contributed by atoms with Crippen LogP contribution in [0.2, 0.25) is 0 Å². The first-order valence-electron chi connectivity index (χ1n) is 7.27. The standard InChI is InChI=1S/C16H21FN4O2/c1-18-15(12-8-20-21(2)10-12)16(22)19-9-14(23-3)11-4-6-13(17)7-5-11/h4-8,10,14-15,18H,9H2,1-3H3,(H,19,22). The van der Waals surface area contributed by atoms with Gasteiger partial charge < -0.3 is 15.4 Å². The van der Waals surface area contributed by atoms with E-state index in [2.05, 4.69) is 15.7 Å². The van der Waals surface area contributed by atoms with Gasteiger partial charge in [0.05, 0.1) is 12.3 Å². The van der Waals surface area contributed by atoms with Crippen LogP contribution in [-0.2, 0) is 16.6 Å². The minimum absolute atomic E-state index is 0.176. The third kappa shape index (κ3) is 4.37. The van der Waals surface area contributed by atoms with Crippen LogP contribution in [0.25, 0.3) is 0 Å². The number of hydrogen-bond acceptors (Lipinski definition) is 4. The molecular formula is C16H21FN4O2. The van der Waals surface area contributed by atoms with E-state index in [1.54, 1.807) is 50.4 Å². The molecule has 0 saturated carbocycles. The first kappa shape index (κ1) is 17.1. The Morgan fingerprint density at radius 3 is 2.57 bits per heavy atom. The molecule has 124 valence electrons. The Kier molecular flexibility index (Phi) is 5.84. The maximum atomic E-state index is 13.0. The molecule has 7 heteroatoms. The van der Waals surface area contributed by atoms with Crippen molar-refractivity contribution in [3.05, 3.63) is 53.6 Å². The summed E-state index contributed by atoms with van der Waals surface area (Å²) in [5.41, 5.74) is 1.58. The molecule has 1 aromatic carbocycles. The number of aryl methyl sites for hydroxylation is 1. The van der Waals surface area contributed by atoms with Gasteiger partial charge in [0.2, 0.25) is 5.91 Å². The predicted molar refractivity (Wildman–Crippen MR) is 84.2 cm³/mol. The van der Waals surface area contributed by atoms with Crippen molar-refractivity contribution in [2.75, 3.05) is 20.7 Å². The number of carbonyl (C=O) groups excluding carboxylic acids is 1. The largest absolute Gasteiger partial charge is 0.375 e. The molecule has 0 spiro atoms. The number of carbonyl (C=O) groups is 1. The summed E-state index contributed by atoms with van der Waals surface area (Å²) < 4.78 is 20.0. The summed E-state index contributed by atoms with van der Waals surface area (Å²) in [4.78, 5) is 12.4. The van der Waals surface area contributed by atoms with E-state index in [0.29, 0.717) is 6.54 Å². The quantitative estimate of drug-likeness (QED) is 0.807. The minimum atomic E-state index is -0.491. The van der Waals surface area contributed by atoms with E-state index in [9.17, 15) is 9.18 Å². The number of hydrogen-bond donors (Lipinski definition) is 2. The van der Waals surface area contributed by atoms with Gasteiger partial charge in [-0.2, -0.15) is 5.10 Å². The Morgan fingerprint density at radius 1 is 1.35 bits per heavy atom. The van der Waals surface area contributed by atoms with Gasteiger partial charge in [-0.25, -0.2) is 4.39 Å². The van der Waals surface area contributed by atoms with Crippen LogP contribution in [0.5, 0.6) is 0 Å². The summed E-state index contributed by atoms with van der Waals surface area (Å²) in [6.07, 6.45) is 3.09. The van der Waals surface area contributed by atoms with Gasteiger partial charge in [-0.3, -0.25) is 9.48 Å². The monoisotopic (exact) mass is 320 g/mol. The fourth-order valence-corrected chi connectivity index (χ4v) is 2.35. The van der Waals surface area contributed by atoms with Crippen LogP contribution >= 0.6 is 0 Å². The van der Waals surface area contributed by atoms with Crippen molar-refractivity contribution in [3.63, 3.8) is 0 Å². The summed E-state index contributed by atoms with van der Waals surface area (Å²) >= 11 is 0. The molecule has 0 aliphatic heterocycles. The van der Waals surface area contributed by atoms with Crippen molar-refractivity contribution in [1.82, 2.24) is 20.4 Å². The molecule has 0 aliphatic carbocycles. The molecule has 2 N–H and O–H groups in total. The highest BCUT2D eigenvalue weighted by molar-refractivity contribution is 5.83. The molecule has 0 radical (unpaired) electrons. The molecule has 2 rings (SSSR count). The fraction of sp³-hybridized carbons (Fsp3) is 0.375. The van der Waals surface area contributed by atoms with Crippen LogP contribution in [0.1, 0.15) is 23.3 Å². The lowest BCUT2D eigenvalue weighted by Gasteiger charge is -2.19. The van der Waals surface area contributed by atoms with Gasteiger partial charge in [-0.1, -0.05) is 12.1 Å². The lowest BCUT2D eigenvalue weighted by molar-refractivity contribution is -0.123. The Hall–Kier alpha value is -2.25. The summed E-state index contributed by atoms with van der Waals surface area (Å²) in [6.45, 7) is 0.291. The zero-order valence-electron chi connectivity index (χ0n) is 13.4. The molecule has 6 nitrogen and oxygen atoms in total. The molecule has 1 amide bonds. The average molecular weight is 320 g/mol. The highest BCUT2D eigenvalue weighted by atomic mass is 19.1. The molecule has 2 atom stereocenters. The Balaban J connectivity index is 1.99. The third-order valence-electron chi connectivity index (χ3n) is 3.60. The van der Waals surface area contributed by atoms with Gasteiger partial charge in [0.25, 0.3) is 0 Å². The van der Waals surface area contributed by atoms with Gasteiger partial charge in [-0.15, -0.1) is 0 Å². The molecule has 1 heterocycles. The number of likely N-dealkylation sites (N-methyl/N-ethyl adjacent to an activating group) is 1. The number of nitrogens with one attached hydrogen (secondary N) is 2. The lowest BCUT2D eigenvalue weighted by atomic mass is 10.1. The van der Waals surface area contributed by atoms with Crippen LogP contribution in [0.15, 0.2) is 36.7 Å². The number of nitrogens with zero attached hydrogens (tertiary/aromatic N) is 2. The molecule has 1 aromatic heterocycles. The number of rotatable bonds is 7. The second-order valence-corrected chi connectivity index (χ2v) is 5.19. The lowest BCUT2D eigenvalue weighted by Crippen LogP contribution is -2.38. The van der Waals surface area contributed by atoms with Gasteiger partial charge in [0, 0.05) is 32.5 Å². The highest BCUT2D eigenvalue weighted by Gasteiger charge is 2.21. The van der Waals surface area contributed by atoms with Crippen molar-refractivity contribution in [1.29, 1.82) is 0 Å². The molecule has 0 bridgehead atoms. The summed E-state index contributed by atoms with van der Waals surface area (Å²) in [6, 6.07) is 5.54. The fourth-order valence-electron chi connectivity index (χ4n) is 2.35. The number of methoxy groups -OCH3 is 1. The zero-order chi connectivity index (χ0) is 16.8. The Morgan fingerprint density at radius 2 is 2.04 bits per heavy atom. The number of amides is 1. The van der Waals surface area contributed by atoms with E-state index in [1.807, 2.05) is 0 Å². The number of ether oxygens (including phenoxy) is 1. The van der Waals surface area contributed by atoms with Crippen molar-refractivity contribution in [3.8, 4) is 0 Å². The summed E-state index contributed by atoms with van der Waals surface area (Å²) in [5.74, 6) is -0.482. The van der Waals surface area contributed by atoms with Crippen LogP contribution in [0.3, 0.4) is 0 Å². The smallest absolute Gasteiger partial charge is 0.241 e. The van der Waals surface area contributed by atoms with Gasteiger partial charge >= 0.3 is 0 Å². The minimum Gasteiger partial charge on any atom is -0.375 e. The van der Waals surface area contributed by atoms with Gasteiger partial charge in [-0.05, 0) is 24.7 Å². The molecular weight excluding hydrogens is 299 g/mol. The second kappa shape index (κ2) is 7.85. The van der Waals surface area contributed by atoms with Gasteiger partial charge in [0.1, 0.15) is 11.9 Å². The molecule has 0 fully saturated rings. The first-order chi connectivity index (χ1) is 11.0. The first-order valence-corrected chi connectivity index (χ1v) is 7.27. The maximum Gasteiger partial charge on any atom is 0.241 e. The van der Waals surface area contributed by atoms with Crippen LogP contribution in [0.4, 0.5) is 4.39 Å². The normalized spacial score (nSPS) is 13.6. The predicted octanol–water partition coefficient (Wildman–Crippen LogP) is 1.32. The Labute approximate surface area is 134 Å². The van der Waals surface area contributed by atoms with Crippen molar-refractivity contribution in [2.45, 2.75) is 12.1 Å². The van der Waals surface area contributed by atoms with Crippen LogP contribution in [-0.4, -0.2) is 36.4 Å². The highest BCUT2D eigenvalue weighted by Crippen LogP contribution is 2.17. The van der Waals surface area contributed by atoms with E-state index >= 15 is 0 Å². The third-order valence-corrected chi connectivity index (χ3v) is 3.60. The number of benzene rings is 1. The molecule has 0 aliphatic rings. The van der Waals surface area contributed by atoms with Gasteiger partial charge in [0.15, 0.2) is 0 Å². The second-order valence-electron chi connectivity index (χ2n) is 5.19. The van der Waals surface area contributed by atoms with E-state index in [1.165, 1.54) is 12.1 Å². The molecule has 23 heavy (non-hydrogen) atoms. The maximum absolute atomic E-state index is 13.0. The van der Waals surface area contributed by atoms with E-state index in [4.69, 9.17) is 4.74 Å². The van der Waals surface area contributed by atoms with E-state index < -0.39 is 6.04 Å². The van der Waals surface area contributed by atoms with Crippen LogP contribution in [0, 0.1) is 5.82 Å². The average Bonchev–Trinajstić information content (AvgIpc) is 2.96. The van der Waals surface area contributed by atoms with Crippen LogP contribution < -0.4 is 10.6 Å². The molecule has 2 aromatic rings. The number of halogens is 1. The Bertz CT molecular complexity index is 642. The number of aromatic nitrogens is 2. The SMILES string of the molecule is CNC(C(=O)NCC(OC)c1ccc(F)cc1)c1cnn(C)c1. The molecule has 0 saturated heterocycles. The summed E-state index contributed by atoms with van der Waals surface area (Å²) in [5, 5.41) is 9.88.